The first-order valence-corrected chi connectivity index (χ1v) is 49.0. The average Bonchev–Trinajstić information content (AvgIpc) is 1.18. The first kappa shape index (κ1) is 101. The molecule has 2 saturated carbocycles. The maximum Gasteiger partial charge on any atom is 0.369 e. The number of aliphatic hydroxyl groups is 4. The van der Waals surface area contributed by atoms with Crippen LogP contribution in [0.5, 0.6) is 0 Å². The molecular weight excluding hydrogens is 1630 g/mol. The van der Waals surface area contributed by atoms with Gasteiger partial charge in [-0.3, -0.25) is 70.4 Å². The Morgan fingerprint density at radius 1 is 0.471 bits per heavy atom. The summed E-state index contributed by atoms with van der Waals surface area (Å²) in [5.41, 5.74) is 1.30. The zero-order valence-electron chi connectivity index (χ0n) is 54.0. The molecule has 59 heteroatoms. The maximum absolute atomic E-state index is 11.3. The number of nitrogens with one attached hydrogen (secondary N) is 2. The van der Waals surface area contributed by atoms with E-state index < -0.39 is 155 Å². The lowest BCUT2D eigenvalue weighted by atomic mass is 9.96. The van der Waals surface area contributed by atoms with E-state index in [0.29, 0.717) is 37.9 Å². The van der Waals surface area contributed by atoms with Crippen molar-refractivity contribution in [1.82, 2.24) is 29.9 Å². The van der Waals surface area contributed by atoms with E-state index in [1.54, 1.807) is 30.1 Å². The van der Waals surface area contributed by atoms with Gasteiger partial charge in [-0.05, 0) is 76.0 Å². The summed E-state index contributed by atoms with van der Waals surface area (Å²) in [6.07, 6.45) is 14.2. The first-order chi connectivity index (χ1) is 45.6. The zero-order chi connectivity index (χ0) is 80.2. The highest BCUT2D eigenvalue weighted by atomic mass is 31.3. The summed E-state index contributed by atoms with van der Waals surface area (Å²) in [4.78, 5) is 222. The molecule has 5 rings (SSSR count). The van der Waals surface area contributed by atoms with Crippen molar-refractivity contribution in [3.05, 3.63) is 66.4 Å². The number of aromatic nitrogens is 3. The molecule has 2 aliphatic carbocycles. The van der Waals surface area contributed by atoms with Gasteiger partial charge in [-0.2, -0.15) is 0 Å². The minimum absolute atomic E-state index is 0.0174. The van der Waals surface area contributed by atoms with Crippen molar-refractivity contribution >= 4 is 96.8 Å². The Hall–Kier alpha value is -0.680. The van der Waals surface area contributed by atoms with Gasteiger partial charge in [0.05, 0.1) is 0 Å². The second-order valence-corrected chi connectivity index (χ2v) is 46.7. The van der Waals surface area contributed by atoms with Gasteiger partial charge in [0.25, 0.3) is 20.3 Å². The quantitative estimate of drug-likeness (QED) is 0.0244. The Morgan fingerprint density at radius 3 is 1.14 bits per heavy atom. The van der Waals surface area contributed by atoms with Crippen molar-refractivity contribution in [2.75, 3.05) is 26.7 Å². The predicted molar refractivity (Wildman–Crippen MR) is 359 cm³/mol. The fourth-order valence-corrected chi connectivity index (χ4v) is 22.3. The number of nitrogens with zero attached hydrogens (tertiary/aromatic N) is 4. The third-order valence-electron chi connectivity index (χ3n) is 14.8. The number of rotatable bonds is 29. The highest BCUT2D eigenvalue weighted by Crippen LogP contribution is 2.72. The van der Waals surface area contributed by atoms with Gasteiger partial charge in [-0.1, -0.05) is 76.8 Å². The van der Waals surface area contributed by atoms with Crippen LogP contribution >= 0.6 is 91.1 Å². The Morgan fingerprint density at radius 2 is 0.824 bits per heavy atom. The van der Waals surface area contributed by atoms with Gasteiger partial charge in [0.15, 0.2) is 0 Å². The number of unbranched alkanes of at least 4 members (excludes halogenated alkanes) is 2. The molecule has 0 atom stereocenters. The molecule has 32 N–H and O–H groups in total. The van der Waals surface area contributed by atoms with Gasteiger partial charge >= 0.3 is 91.1 Å². The predicted octanol–water partition coefficient (Wildman–Crippen LogP) is -0.174. The van der Waals surface area contributed by atoms with Crippen LogP contribution in [0.15, 0.2) is 55.1 Å². The molecule has 3 heterocycles. The van der Waals surface area contributed by atoms with Crippen LogP contribution in [0.4, 0.5) is 0 Å². The lowest BCUT2D eigenvalue weighted by Crippen LogP contribution is -2.39. The normalized spacial score (nSPS) is 16.1. The molecule has 0 radical (unpaired) electrons. The van der Waals surface area contributed by atoms with Crippen LogP contribution in [0, 0.1) is 0 Å². The van der Waals surface area contributed by atoms with Gasteiger partial charge < -0.3 is 153 Å². The zero-order valence-corrected chi connectivity index (χ0v) is 64.7. The third kappa shape index (κ3) is 32.0. The Kier molecular flexibility index (Phi) is 40.2. The number of hydrogen-bond donors (Lipinski definition) is 31. The van der Waals surface area contributed by atoms with Crippen LogP contribution < -0.4 is 16.4 Å². The van der Waals surface area contributed by atoms with E-state index in [2.05, 4.69) is 20.6 Å². The molecule has 47 nitrogen and oxygen atoms in total. The highest BCUT2D eigenvalue weighted by molar-refractivity contribution is 7.74. The van der Waals surface area contributed by atoms with E-state index >= 15 is 0 Å². The molecule has 0 aliphatic heterocycles. The van der Waals surface area contributed by atoms with Crippen molar-refractivity contribution in [3.63, 3.8) is 0 Å². The van der Waals surface area contributed by atoms with Gasteiger partial charge in [0, 0.05) is 74.8 Å². The van der Waals surface area contributed by atoms with E-state index in [1.165, 1.54) is 35.1 Å². The number of fused-ring (bicyclic) bond motifs is 1. The summed E-state index contributed by atoms with van der Waals surface area (Å²) >= 11 is 0. The Labute approximate surface area is 581 Å². The molecular formula is C43H93N7O40P12. The lowest BCUT2D eigenvalue weighted by Gasteiger charge is -2.30. The summed E-state index contributed by atoms with van der Waals surface area (Å²) in [5.74, 6) is 0. The average molecular weight is 1720 g/mol. The minimum Gasteiger partial charge on any atom is -0.367 e. The molecule has 2 fully saturated rings. The molecule has 3 aromatic rings. The first-order valence-electron chi connectivity index (χ1n) is 29.3. The standard InChI is InChI=1S/C9H12N2O7P2.C9H23NO7P2.C8H19NO6P2.C7H11NO7P2.C7H17NO6P2.C3H11NO7P2/c12-9(19(13,14)15,20(16,17)18)5-7-6-10-8-3-1-2-4-11(7)8;1-3-4-5-7-10(2)8-6-9(11,18(12,13)14)19(15,16)17;10-16(11,12)8(17(13,14)15)9-7-5-3-1-2-4-6-7;9-7(16(10,11)12,17(13,14)15)4-6-2-1-3-8-5-6;9-15(10,11)7(16(12,13)14)8-6-4-2-1-3-5-6;4-2-1-3(5,12(6,7)8)13(9,10)11/h1-4,6,12H,5H2,(H2,13,14,15)(H2,16,17,18);11H,3-8H2,1-2H3,(H2,12,13,14)(H2,15,16,17);7-9H,1-6H2,(H2,10,11,12)(H2,13,14,15);1-3,5,9H,4H2,(H2,10,11,12)(H2,13,14,15);6-8H,1-5H2,(H2,9,10,11)(H2,12,13,14);5H,1-2,4H2,(H2,6,7,8)(H2,9,10,11). The molecule has 0 spiro atoms. The molecule has 0 bridgehead atoms. The van der Waals surface area contributed by atoms with Crippen LogP contribution in [-0.4, -0.2) is 227 Å². The molecule has 600 valence electrons. The second-order valence-electron chi connectivity index (χ2n) is 23.1. The van der Waals surface area contributed by atoms with E-state index in [0.717, 1.165) is 70.4 Å². The Bertz CT molecular complexity index is 3550. The van der Waals surface area contributed by atoms with Gasteiger partial charge in [-0.25, -0.2) is 4.98 Å². The number of imidazole rings is 1. The summed E-state index contributed by atoms with van der Waals surface area (Å²) < 4.78 is 134. The molecule has 3 aromatic heterocycles. The molecule has 0 aromatic carbocycles. The summed E-state index contributed by atoms with van der Waals surface area (Å²) in [7, 11) is -60.8. The number of pyridine rings is 2. The van der Waals surface area contributed by atoms with Crippen LogP contribution in [0.1, 0.15) is 121 Å². The van der Waals surface area contributed by atoms with E-state index in [9.17, 15) is 70.1 Å². The van der Waals surface area contributed by atoms with E-state index in [-0.39, 0.29) is 29.9 Å². The van der Waals surface area contributed by atoms with Gasteiger partial charge in [0.2, 0.25) is 11.0 Å². The smallest absolute Gasteiger partial charge is 0.367 e. The second kappa shape index (κ2) is 40.5. The van der Waals surface area contributed by atoms with E-state index in [4.69, 9.17) is 128 Å². The van der Waals surface area contributed by atoms with E-state index in [1.807, 2.05) is 6.92 Å². The molecule has 0 saturated heterocycles. The number of nitrogens with two attached hydrogens (primary N) is 1. The third-order valence-corrected chi connectivity index (χ3v) is 36.8. The molecule has 102 heavy (non-hydrogen) atoms. The van der Waals surface area contributed by atoms with Crippen LogP contribution in [0.3, 0.4) is 0 Å². The van der Waals surface area contributed by atoms with Crippen molar-refractivity contribution in [2.45, 2.75) is 166 Å². The summed E-state index contributed by atoms with van der Waals surface area (Å²) in [5, 5.41) is 29.4. The lowest BCUT2D eigenvalue weighted by molar-refractivity contribution is 0.112. The minimum atomic E-state index is -5.48. The largest absolute Gasteiger partial charge is 0.369 e. The Balaban J connectivity index is 0.00000121. The monoisotopic (exact) mass is 1720 g/mol. The number of hydrogen-bond acceptors (Lipinski definition) is 22. The molecule has 0 unspecified atom stereocenters. The van der Waals surface area contributed by atoms with Crippen LogP contribution in [0.25, 0.3) is 5.65 Å². The van der Waals surface area contributed by atoms with Gasteiger partial charge in [0.1, 0.15) is 5.65 Å². The van der Waals surface area contributed by atoms with Gasteiger partial charge in [-0.15, -0.1) is 0 Å². The summed E-state index contributed by atoms with van der Waals surface area (Å²) in [6, 6.07) is 7.16. The van der Waals surface area contributed by atoms with Crippen molar-refractivity contribution < 1.29 is 193 Å². The van der Waals surface area contributed by atoms with Crippen molar-refractivity contribution in [1.29, 1.82) is 0 Å². The maximum atomic E-state index is 11.3. The summed E-state index contributed by atoms with van der Waals surface area (Å²) in [6.45, 7) is 2.19. The fraction of sp³-hybridized carbons (Fsp3) is 0.721. The van der Waals surface area contributed by atoms with Crippen LogP contribution in [-0.2, 0) is 67.6 Å². The van der Waals surface area contributed by atoms with Crippen LogP contribution in [0.2, 0.25) is 0 Å². The SMILES string of the molecule is CCCCCN(C)CCC(O)(P(=O)(O)O)P(=O)(O)O.NCCC(O)(P(=O)(O)O)P(=O)(O)O.O=P(O)(O)C(NC1CCCCC1)P(=O)(O)O.O=P(O)(O)C(NC1CCCCCC1)P(=O)(O)O.O=P(O)(O)C(O)(Cc1cccnc1)P(=O)(O)O.O=P(O)(O)C(O)(Cc1cnc2ccccn12)P(=O)(O)O. The topological polar surface area (TPSA) is 855 Å². The fourth-order valence-electron chi connectivity index (χ4n) is 9.00. The van der Waals surface area contributed by atoms with Crippen molar-refractivity contribution in [2.24, 2.45) is 5.73 Å². The highest BCUT2D eigenvalue weighted by Gasteiger charge is 2.62. The molecule has 0 amide bonds. The van der Waals surface area contributed by atoms with Crippen molar-refractivity contribution in [3.8, 4) is 0 Å². The molecule has 2 aliphatic rings.